The highest BCUT2D eigenvalue weighted by molar-refractivity contribution is 7.55. The van der Waals surface area contributed by atoms with Crippen LogP contribution in [0.25, 0.3) is 6.08 Å². The molecule has 1 unspecified atom stereocenters. The van der Waals surface area contributed by atoms with Gasteiger partial charge in [0.05, 0.1) is 18.9 Å². The van der Waals surface area contributed by atoms with Gasteiger partial charge < -0.3 is 14.2 Å². The molecule has 114 valence electrons. The monoisotopic (exact) mass is 311 g/mol. The first-order valence-corrected chi connectivity index (χ1v) is 8.33. The zero-order chi connectivity index (χ0) is 15.5. The molecule has 0 saturated carbocycles. The predicted octanol–water partition coefficient (Wildman–Crippen LogP) is 3.79. The molecule has 1 amide bonds. The van der Waals surface area contributed by atoms with Gasteiger partial charge in [-0.25, -0.2) is 4.79 Å². The van der Waals surface area contributed by atoms with Crippen molar-refractivity contribution in [2.75, 3.05) is 18.1 Å². The highest BCUT2D eigenvalue weighted by atomic mass is 31.2. The smallest absolute Gasteiger partial charge is 0.412 e. The van der Waals surface area contributed by atoms with Gasteiger partial charge in [-0.15, -0.1) is 0 Å². The molecule has 0 bridgehead atoms. The first-order valence-electron chi connectivity index (χ1n) is 6.71. The Morgan fingerprint density at radius 2 is 1.90 bits per heavy atom. The Hall–Kier alpha value is -1.62. The summed E-state index contributed by atoms with van der Waals surface area (Å²) in [6.45, 7) is 3.74. The second-order valence-electron chi connectivity index (χ2n) is 4.36. The number of fused-ring (bicyclic) bond motifs is 1. The molecule has 0 spiro atoms. The van der Waals surface area contributed by atoms with E-state index >= 15 is 0 Å². The number of benzene rings is 1. The summed E-state index contributed by atoms with van der Waals surface area (Å²) >= 11 is 0. The van der Waals surface area contributed by atoms with Crippen LogP contribution in [0.1, 0.15) is 19.4 Å². The molecule has 21 heavy (non-hydrogen) atoms. The molecule has 0 saturated heterocycles. The van der Waals surface area contributed by atoms with E-state index in [1.54, 1.807) is 44.2 Å². The fraction of sp³-hybridized carbons (Fsp3) is 0.357. The van der Waals surface area contributed by atoms with Crippen molar-refractivity contribution in [2.45, 2.75) is 19.6 Å². The average Bonchev–Trinajstić information content (AvgIpc) is 2.46. The molecule has 1 aromatic carbocycles. The molecule has 0 radical (unpaired) electrons. The van der Waals surface area contributed by atoms with Gasteiger partial charge in [-0.2, -0.15) is 0 Å². The van der Waals surface area contributed by atoms with Gasteiger partial charge in [0, 0.05) is 0 Å². The van der Waals surface area contributed by atoms with Gasteiger partial charge in [0.25, 0.3) is 0 Å². The summed E-state index contributed by atoms with van der Waals surface area (Å²) in [5, 5.41) is 9.52. The number of nitrogens with zero attached hydrogens (tertiary/aromatic N) is 1. The lowest BCUT2D eigenvalue weighted by molar-refractivity contribution is 0.193. The molecule has 1 aliphatic heterocycles. The first-order chi connectivity index (χ1) is 10.0. The molecule has 7 heteroatoms. The molecule has 1 atom stereocenters. The molecule has 0 aromatic heterocycles. The summed E-state index contributed by atoms with van der Waals surface area (Å²) in [5.74, 6) is -0.982. The van der Waals surface area contributed by atoms with Crippen LogP contribution in [0.15, 0.2) is 30.3 Å². The molecule has 1 N–H and O–H groups in total. The van der Waals surface area contributed by atoms with Crippen LogP contribution >= 0.6 is 7.60 Å². The summed E-state index contributed by atoms with van der Waals surface area (Å²) in [4.78, 5) is 12.7. The Bertz CT molecular complexity index is 591. The SMILES string of the molecule is CCOP(=O)(OCC)C1C=Cc2ccccc2N1C(=O)O. The summed E-state index contributed by atoms with van der Waals surface area (Å²) in [7, 11) is -3.60. The second-order valence-corrected chi connectivity index (χ2v) is 6.48. The lowest BCUT2D eigenvalue weighted by atomic mass is 10.1. The summed E-state index contributed by atoms with van der Waals surface area (Å²) in [5.41, 5.74) is 1.22. The lowest BCUT2D eigenvalue weighted by Crippen LogP contribution is -2.41. The Morgan fingerprint density at radius 1 is 1.29 bits per heavy atom. The van der Waals surface area contributed by atoms with Crippen LogP contribution in [0.4, 0.5) is 10.5 Å². The van der Waals surface area contributed by atoms with Crippen molar-refractivity contribution < 1.29 is 23.5 Å². The fourth-order valence-corrected chi connectivity index (χ4v) is 4.18. The Balaban J connectivity index is 2.49. The Kier molecular flexibility index (Phi) is 4.83. The summed E-state index contributed by atoms with van der Waals surface area (Å²) in [6, 6.07) is 7.01. The maximum Gasteiger partial charge on any atom is 0.412 e. The summed E-state index contributed by atoms with van der Waals surface area (Å²) < 4.78 is 23.5. The zero-order valence-electron chi connectivity index (χ0n) is 11.9. The van der Waals surface area contributed by atoms with Crippen LogP contribution in [0.3, 0.4) is 0 Å². The number of para-hydroxylation sites is 1. The van der Waals surface area contributed by atoms with E-state index in [1.165, 1.54) is 0 Å². The molecule has 0 aliphatic carbocycles. The van der Waals surface area contributed by atoms with E-state index in [-0.39, 0.29) is 13.2 Å². The Morgan fingerprint density at radius 3 is 2.48 bits per heavy atom. The van der Waals surface area contributed by atoms with Crippen molar-refractivity contribution in [3.8, 4) is 0 Å². The van der Waals surface area contributed by atoms with Crippen molar-refractivity contribution in [1.29, 1.82) is 0 Å². The van der Waals surface area contributed by atoms with Crippen LogP contribution in [0, 0.1) is 0 Å². The highest BCUT2D eigenvalue weighted by Gasteiger charge is 2.43. The molecular weight excluding hydrogens is 293 g/mol. The first kappa shape index (κ1) is 15.8. The largest absolute Gasteiger partial charge is 0.465 e. The van der Waals surface area contributed by atoms with Gasteiger partial charge in [0.15, 0.2) is 5.78 Å². The van der Waals surface area contributed by atoms with Gasteiger partial charge in [-0.05, 0) is 31.6 Å². The van der Waals surface area contributed by atoms with E-state index in [0.29, 0.717) is 5.69 Å². The minimum Gasteiger partial charge on any atom is -0.465 e. The molecular formula is C14H18NO5P. The molecule has 2 rings (SSSR count). The standard InChI is InChI=1S/C14H18NO5P/c1-3-19-21(18,20-4-2)13-10-9-11-7-5-6-8-12(11)15(13)14(16)17/h5-10,13H,3-4H2,1-2H3,(H,16,17). The highest BCUT2D eigenvalue weighted by Crippen LogP contribution is 2.56. The van der Waals surface area contributed by atoms with E-state index in [1.807, 2.05) is 6.07 Å². The van der Waals surface area contributed by atoms with Crippen molar-refractivity contribution in [3.63, 3.8) is 0 Å². The van der Waals surface area contributed by atoms with Gasteiger partial charge in [0.1, 0.15) is 0 Å². The zero-order valence-corrected chi connectivity index (χ0v) is 12.8. The quantitative estimate of drug-likeness (QED) is 0.837. The number of hydrogen-bond donors (Lipinski definition) is 1. The number of carboxylic acid groups (broad SMARTS) is 1. The minimum atomic E-state index is -3.60. The number of anilines is 1. The maximum atomic E-state index is 12.9. The maximum absolute atomic E-state index is 12.9. The van der Waals surface area contributed by atoms with Gasteiger partial charge in [-0.3, -0.25) is 9.46 Å². The van der Waals surface area contributed by atoms with Gasteiger partial charge in [0.2, 0.25) is 0 Å². The predicted molar refractivity (Wildman–Crippen MR) is 80.6 cm³/mol. The Labute approximate surface area is 123 Å². The third-order valence-corrected chi connectivity index (χ3v) is 5.34. The van der Waals surface area contributed by atoms with E-state index in [9.17, 15) is 14.5 Å². The fourth-order valence-electron chi connectivity index (χ4n) is 2.28. The van der Waals surface area contributed by atoms with Crippen LogP contribution in [0.2, 0.25) is 0 Å². The topological polar surface area (TPSA) is 76.1 Å². The van der Waals surface area contributed by atoms with E-state index in [4.69, 9.17) is 9.05 Å². The number of hydrogen-bond acceptors (Lipinski definition) is 4. The molecule has 1 aliphatic rings. The number of rotatable bonds is 5. The van der Waals surface area contributed by atoms with Crippen LogP contribution in [0.5, 0.6) is 0 Å². The second kappa shape index (κ2) is 6.43. The van der Waals surface area contributed by atoms with E-state index in [0.717, 1.165) is 10.5 Å². The minimum absolute atomic E-state index is 0.177. The van der Waals surface area contributed by atoms with Gasteiger partial charge >= 0.3 is 13.7 Å². The summed E-state index contributed by atoms with van der Waals surface area (Å²) in [6.07, 6.45) is 2.10. The molecule has 1 aromatic rings. The third-order valence-electron chi connectivity index (χ3n) is 3.06. The number of amides is 1. The third kappa shape index (κ3) is 3.02. The lowest BCUT2D eigenvalue weighted by Gasteiger charge is -2.35. The molecule has 6 nitrogen and oxygen atoms in total. The average molecular weight is 311 g/mol. The van der Waals surface area contributed by atoms with Crippen molar-refractivity contribution in [3.05, 3.63) is 35.9 Å². The van der Waals surface area contributed by atoms with E-state index in [2.05, 4.69) is 0 Å². The normalized spacial score (nSPS) is 17.6. The van der Waals surface area contributed by atoms with E-state index < -0.39 is 19.5 Å². The van der Waals surface area contributed by atoms with Crippen molar-refractivity contribution in [2.24, 2.45) is 0 Å². The van der Waals surface area contributed by atoms with Crippen LogP contribution < -0.4 is 4.90 Å². The van der Waals surface area contributed by atoms with Crippen molar-refractivity contribution in [1.82, 2.24) is 0 Å². The number of carbonyl (C=O) groups is 1. The van der Waals surface area contributed by atoms with Crippen molar-refractivity contribution >= 4 is 25.5 Å². The van der Waals surface area contributed by atoms with Crippen LogP contribution in [-0.4, -0.2) is 30.2 Å². The van der Waals surface area contributed by atoms with Crippen LogP contribution in [-0.2, 0) is 13.6 Å². The molecule has 1 heterocycles. The molecule has 0 fully saturated rings. The van der Waals surface area contributed by atoms with Gasteiger partial charge in [-0.1, -0.05) is 24.3 Å².